The molecule has 0 aromatic heterocycles. The number of likely N-dealkylation sites (N-methyl/N-ethyl adjacent to an activating group) is 1. The molecule has 0 aliphatic carbocycles. The molecule has 0 radical (unpaired) electrons. The lowest BCUT2D eigenvalue weighted by Crippen LogP contribution is -2.50. The summed E-state index contributed by atoms with van der Waals surface area (Å²) in [4.78, 5) is 27.6. The van der Waals surface area contributed by atoms with Gasteiger partial charge in [0.25, 0.3) is 10.0 Å². The second-order valence-corrected chi connectivity index (χ2v) is 10.6. The number of nitrogens with zero attached hydrogens (tertiary/aromatic N) is 2. The Morgan fingerprint density at radius 2 is 1.58 bits per heavy atom. The number of carbonyl (C=O) groups excluding carboxylic acids is 2. The molecular weight excluding hydrogens is 530 g/mol. The van der Waals surface area contributed by atoms with Crippen molar-refractivity contribution in [2.75, 3.05) is 32.1 Å². The molecule has 3 aromatic carbocycles. The maximum atomic E-state index is 13.8. The Balaban J connectivity index is 2.02. The molecule has 3 rings (SSSR count). The molecule has 0 spiro atoms. The zero-order valence-electron chi connectivity index (χ0n) is 21.5. The van der Waals surface area contributed by atoms with E-state index in [1.807, 2.05) is 0 Å². The highest BCUT2D eigenvalue weighted by Gasteiger charge is 2.32. The van der Waals surface area contributed by atoms with Gasteiger partial charge in [0.05, 0.1) is 24.8 Å². The summed E-state index contributed by atoms with van der Waals surface area (Å²) in [6.45, 7) is 1.09. The average Bonchev–Trinajstić information content (AvgIpc) is 2.94. The van der Waals surface area contributed by atoms with Crippen molar-refractivity contribution >= 4 is 39.1 Å². The van der Waals surface area contributed by atoms with Crippen LogP contribution < -0.4 is 19.1 Å². The highest BCUT2D eigenvalue weighted by molar-refractivity contribution is 7.92. The van der Waals surface area contributed by atoms with Crippen molar-refractivity contribution in [1.82, 2.24) is 10.2 Å². The number of sulfonamides is 1. The normalized spacial score (nSPS) is 11.8. The lowest BCUT2D eigenvalue weighted by Gasteiger charge is -2.31. The molecule has 0 saturated carbocycles. The molecule has 0 bridgehead atoms. The summed E-state index contributed by atoms with van der Waals surface area (Å²) in [6, 6.07) is 18.2. The third-order valence-electron chi connectivity index (χ3n) is 5.94. The number of anilines is 1. The first-order valence-electron chi connectivity index (χ1n) is 11.7. The van der Waals surface area contributed by atoms with Gasteiger partial charge in [0, 0.05) is 18.6 Å². The first-order chi connectivity index (χ1) is 18.1. The zero-order valence-corrected chi connectivity index (χ0v) is 23.1. The van der Waals surface area contributed by atoms with Crippen molar-refractivity contribution in [3.05, 3.63) is 83.4 Å². The largest absolute Gasteiger partial charge is 0.497 e. The molecule has 0 fully saturated rings. The van der Waals surface area contributed by atoms with Gasteiger partial charge in [-0.15, -0.1) is 0 Å². The number of hydrogen-bond donors (Lipinski definition) is 1. The highest BCUT2D eigenvalue weighted by Crippen LogP contribution is 2.27. The van der Waals surface area contributed by atoms with E-state index in [0.717, 1.165) is 4.31 Å². The first-order valence-corrected chi connectivity index (χ1v) is 13.5. The highest BCUT2D eigenvalue weighted by atomic mass is 35.5. The number of amides is 2. The molecule has 0 unspecified atom stereocenters. The van der Waals surface area contributed by atoms with Gasteiger partial charge in [0.15, 0.2) is 0 Å². The van der Waals surface area contributed by atoms with E-state index in [2.05, 4.69) is 5.32 Å². The predicted molar refractivity (Wildman–Crippen MR) is 146 cm³/mol. The Morgan fingerprint density at radius 1 is 0.947 bits per heavy atom. The number of halogens is 1. The Kier molecular flexibility index (Phi) is 9.60. The lowest BCUT2D eigenvalue weighted by atomic mass is 10.1. The number of hydrogen-bond acceptors (Lipinski definition) is 6. The van der Waals surface area contributed by atoms with Gasteiger partial charge in [0.2, 0.25) is 11.8 Å². The van der Waals surface area contributed by atoms with Crippen LogP contribution in [0, 0.1) is 0 Å². The van der Waals surface area contributed by atoms with Crippen molar-refractivity contribution in [2.24, 2.45) is 0 Å². The molecule has 0 heterocycles. The fourth-order valence-corrected chi connectivity index (χ4v) is 5.31. The summed E-state index contributed by atoms with van der Waals surface area (Å²) in [5.41, 5.74) is 0.956. The van der Waals surface area contributed by atoms with Crippen LogP contribution in [-0.4, -0.2) is 59.0 Å². The summed E-state index contributed by atoms with van der Waals surface area (Å²) in [5, 5.41) is 2.96. The summed E-state index contributed by atoms with van der Waals surface area (Å²) < 4.78 is 38.9. The van der Waals surface area contributed by atoms with Crippen molar-refractivity contribution in [2.45, 2.75) is 24.4 Å². The van der Waals surface area contributed by atoms with E-state index in [1.165, 1.54) is 62.6 Å². The number of nitrogens with one attached hydrogen (secondary N) is 1. The van der Waals surface area contributed by atoms with Crippen molar-refractivity contribution < 1.29 is 27.5 Å². The van der Waals surface area contributed by atoms with Gasteiger partial charge in [-0.25, -0.2) is 8.42 Å². The molecule has 9 nitrogen and oxygen atoms in total. The van der Waals surface area contributed by atoms with E-state index in [4.69, 9.17) is 21.1 Å². The van der Waals surface area contributed by atoms with Gasteiger partial charge in [-0.05, 0) is 73.2 Å². The van der Waals surface area contributed by atoms with Gasteiger partial charge in [-0.2, -0.15) is 0 Å². The molecule has 202 valence electrons. The average molecular weight is 560 g/mol. The van der Waals surface area contributed by atoms with Gasteiger partial charge in [0.1, 0.15) is 24.1 Å². The number of ether oxygens (including phenoxy) is 2. The Labute approximate surface area is 228 Å². The van der Waals surface area contributed by atoms with Gasteiger partial charge < -0.3 is 19.7 Å². The standard InChI is InChI=1S/C27H30ClN3O6S/c1-19(27(33)29-2)30(17-20-6-5-7-24(16-20)37-4)26(32)18-31(22-10-8-21(28)9-11-22)38(34,35)25-14-12-23(36-3)13-15-25/h5-16,19H,17-18H2,1-4H3,(H,29,33)/t19-/m0/s1. The van der Waals surface area contributed by atoms with E-state index in [1.54, 1.807) is 43.3 Å². The fourth-order valence-electron chi connectivity index (χ4n) is 3.77. The van der Waals surface area contributed by atoms with Crippen LogP contribution >= 0.6 is 11.6 Å². The second-order valence-electron chi connectivity index (χ2n) is 8.33. The van der Waals surface area contributed by atoms with Gasteiger partial charge in [-0.1, -0.05) is 23.7 Å². The third-order valence-corrected chi connectivity index (χ3v) is 7.98. The molecule has 0 saturated heterocycles. The van der Waals surface area contributed by atoms with Crippen LogP contribution in [-0.2, 0) is 26.2 Å². The summed E-state index contributed by atoms with van der Waals surface area (Å²) >= 11 is 6.03. The van der Waals surface area contributed by atoms with Crippen LogP contribution in [0.3, 0.4) is 0 Å². The summed E-state index contributed by atoms with van der Waals surface area (Å²) in [7, 11) is 0.294. The second kappa shape index (κ2) is 12.7. The van der Waals surface area contributed by atoms with Crippen LogP contribution in [0.15, 0.2) is 77.7 Å². The minimum absolute atomic E-state index is 0.0280. The molecule has 2 amide bonds. The Morgan fingerprint density at radius 3 is 2.16 bits per heavy atom. The number of benzene rings is 3. The van der Waals surface area contributed by atoms with Gasteiger partial charge in [-0.3, -0.25) is 13.9 Å². The van der Waals surface area contributed by atoms with Crippen LogP contribution in [0.1, 0.15) is 12.5 Å². The van der Waals surface area contributed by atoms with E-state index in [9.17, 15) is 18.0 Å². The van der Waals surface area contributed by atoms with Gasteiger partial charge >= 0.3 is 0 Å². The molecule has 11 heteroatoms. The molecule has 0 aliphatic rings. The van der Waals surface area contributed by atoms with Crippen molar-refractivity contribution in [3.63, 3.8) is 0 Å². The van der Waals surface area contributed by atoms with Crippen LogP contribution in [0.4, 0.5) is 5.69 Å². The minimum atomic E-state index is -4.19. The Bertz CT molecular complexity index is 1360. The molecule has 3 aromatic rings. The smallest absolute Gasteiger partial charge is 0.264 e. The lowest BCUT2D eigenvalue weighted by molar-refractivity contribution is -0.139. The van der Waals surface area contributed by atoms with Crippen LogP contribution in [0.25, 0.3) is 0 Å². The maximum absolute atomic E-state index is 13.8. The Hall–Kier alpha value is -3.76. The molecule has 38 heavy (non-hydrogen) atoms. The molecular formula is C27H30ClN3O6S. The summed E-state index contributed by atoms with van der Waals surface area (Å²) in [6.07, 6.45) is 0. The molecule has 1 atom stereocenters. The maximum Gasteiger partial charge on any atom is 0.264 e. The van der Waals surface area contributed by atoms with Crippen molar-refractivity contribution in [1.29, 1.82) is 0 Å². The number of carbonyl (C=O) groups is 2. The SMILES string of the molecule is CNC(=O)[C@H](C)N(Cc1cccc(OC)c1)C(=O)CN(c1ccc(Cl)cc1)S(=O)(=O)c1ccc(OC)cc1. The summed E-state index contributed by atoms with van der Waals surface area (Å²) in [5.74, 6) is 0.113. The number of rotatable bonds is 11. The topological polar surface area (TPSA) is 105 Å². The third kappa shape index (κ3) is 6.76. The van der Waals surface area contributed by atoms with E-state index >= 15 is 0 Å². The van der Waals surface area contributed by atoms with E-state index in [-0.39, 0.29) is 17.1 Å². The van der Waals surface area contributed by atoms with E-state index < -0.39 is 34.4 Å². The predicted octanol–water partition coefficient (Wildman–Crippen LogP) is 3.72. The van der Waals surface area contributed by atoms with E-state index in [0.29, 0.717) is 22.1 Å². The molecule has 0 aliphatic heterocycles. The first kappa shape index (κ1) is 28.8. The quantitative estimate of drug-likeness (QED) is 0.384. The fraction of sp³-hybridized carbons (Fsp3) is 0.259. The zero-order chi connectivity index (χ0) is 27.9. The van der Waals surface area contributed by atoms with Crippen LogP contribution in [0.5, 0.6) is 11.5 Å². The van der Waals surface area contributed by atoms with Crippen LogP contribution in [0.2, 0.25) is 5.02 Å². The van der Waals surface area contributed by atoms with Crippen molar-refractivity contribution in [3.8, 4) is 11.5 Å². The minimum Gasteiger partial charge on any atom is -0.497 e. The molecule has 1 N–H and O–H groups in total. The monoisotopic (exact) mass is 559 g/mol. The number of methoxy groups -OCH3 is 2.